The zero-order chi connectivity index (χ0) is 58.6. The summed E-state index contributed by atoms with van der Waals surface area (Å²) in [7, 11) is 0. The van der Waals surface area contributed by atoms with Crippen LogP contribution < -0.4 is 36.0 Å². The Hall–Kier alpha value is -7.76. The number of rotatable bonds is 8. The van der Waals surface area contributed by atoms with Gasteiger partial charge in [-0.15, -0.1) is 0 Å². The number of hydrogen-bond donors (Lipinski definition) is 0. The quantitative estimate of drug-likeness (QED) is 0.141. The van der Waals surface area contributed by atoms with Crippen LogP contribution in [-0.2, 0) is 32.5 Å². The molecule has 0 bridgehead atoms. The molecular weight excluding hydrogens is 1020 g/mol. The van der Waals surface area contributed by atoms with Gasteiger partial charge in [-0.3, -0.25) is 0 Å². The molecule has 84 heavy (non-hydrogen) atoms. The molecule has 0 spiro atoms. The van der Waals surface area contributed by atoms with Crippen LogP contribution in [0.5, 0.6) is 0 Å². The molecule has 0 radical (unpaired) electrons. The zero-order valence-corrected chi connectivity index (χ0v) is 52.3. The van der Waals surface area contributed by atoms with Crippen molar-refractivity contribution in [2.24, 2.45) is 0 Å². The number of hydrogen-bond acceptors (Lipinski definition) is 4. The maximum absolute atomic E-state index is 2.76. The van der Waals surface area contributed by atoms with Crippen LogP contribution in [0, 0.1) is 13.8 Å². The van der Waals surface area contributed by atoms with E-state index in [4.69, 9.17) is 0 Å². The Balaban J connectivity index is 1.16. The van der Waals surface area contributed by atoms with Crippen LogP contribution in [0.3, 0.4) is 0 Å². The summed E-state index contributed by atoms with van der Waals surface area (Å²) in [5.74, 6) is 0. The predicted molar refractivity (Wildman–Crippen MR) is 361 cm³/mol. The van der Waals surface area contributed by atoms with Crippen molar-refractivity contribution in [2.45, 2.75) is 162 Å². The van der Waals surface area contributed by atoms with Gasteiger partial charge in [0.1, 0.15) is 0 Å². The lowest BCUT2D eigenvalue weighted by Gasteiger charge is -2.48. The van der Waals surface area contributed by atoms with Crippen LogP contribution in [0.15, 0.2) is 188 Å². The van der Waals surface area contributed by atoms with Gasteiger partial charge in [-0.25, -0.2) is 0 Å². The van der Waals surface area contributed by atoms with E-state index in [0.29, 0.717) is 0 Å². The summed E-state index contributed by atoms with van der Waals surface area (Å²) in [6.45, 7) is 34.4. The van der Waals surface area contributed by atoms with E-state index in [9.17, 15) is 0 Å². The molecule has 5 aliphatic rings. The maximum Gasteiger partial charge on any atom is 0.252 e. The predicted octanol–water partition coefficient (Wildman–Crippen LogP) is 20.0. The normalized spacial score (nSPS) is 18.4. The molecular formula is C79H83BN4. The summed E-state index contributed by atoms with van der Waals surface area (Å²) >= 11 is 0. The lowest BCUT2D eigenvalue weighted by atomic mass is 9.33. The van der Waals surface area contributed by atoms with Crippen LogP contribution in [0.4, 0.5) is 68.2 Å². The molecule has 0 saturated carbocycles. The fourth-order valence-corrected chi connectivity index (χ4v) is 16.3. The molecule has 0 saturated heterocycles. The minimum atomic E-state index is -0.0936. The Morgan fingerprint density at radius 2 is 0.619 bits per heavy atom. The number of nitrogens with zero attached hydrogens (tertiary/aromatic N) is 4. The molecule has 9 aromatic rings. The second-order valence-corrected chi connectivity index (χ2v) is 29.6. The molecule has 5 heteroatoms. The van der Waals surface area contributed by atoms with E-state index in [1.807, 2.05) is 0 Å². The first-order valence-electron chi connectivity index (χ1n) is 31.2. The first-order chi connectivity index (χ1) is 39.9. The van der Waals surface area contributed by atoms with Gasteiger partial charge in [0.05, 0.1) is 5.69 Å². The van der Waals surface area contributed by atoms with Crippen molar-refractivity contribution in [1.82, 2.24) is 0 Å². The first kappa shape index (κ1) is 54.2. The first-order valence-corrected chi connectivity index (χ1v) is 31.2. The van der Waals surface area contributed by atoms with Gasteiger partial charge in [0.2, 0.25) is 0 Å². The number of fused-ring (bicyclic) bond motifs is 7. The smallest absolute Gasteiger partial charge is 0.252 e. The summed E-state index contributed by atoms with van der Waals surface area (Å²) in [5, 5.41) is 0. The van der Waals surface area contributed by atoms with Crippen LogP contribution in [-0.4, -0.2) is 6.71 Å². The third-order valence-electron chi connectivity index (χ3n) is 20.9. The van der Waals surface area contributed by atoms with Crippen molar-refractivity contribution in [2.75, 3.05) is 19.6 Å². The SMILES string of the molecule is Cc1cc2c(cc1N1c3cc(N(c4ccccc4)c4ccccc4)ccc3B3c4cc5c(cc4N(c4cc6c(cc4C)C(C)(C)CC6(C)C)c4cc(N(c6ccccc6)c6ccccc6)cc1c43)C(C)(C)CCC5(C)C)C(C)(C)CCC2(C)C. The Morgan fingerprint density at radius 3 is 1.04 bits per heavy atom. The molecule has 2 heterocycles. The Morgan fingerprint density at radius 1 is 0.298 bits per heavy atom. The van der Waals surface area contributed by atoms with Gasteiger partial charge in [0.25, 0.3) is 6.71 Å². The Bertz CT molecular complexity index is 4020. The second kappa shape index (κ2) is 18.9. The van der Waals surface area contributed by atoms with Gasteiger partial charge < -0.3 is 19.6 Å². The van der Waals surface area contributed by atoms with Crippen LogP contribution in [0.1, 0.15) is 160 Å². The number of benzene rings is 9. The molecule has 0 aromatic heterocycles. The third-order valence-corrected chi connectivity index (χ3v) is 20.9. The van der Waals surface area contributed by atoms with E-state index in [-0.39, 0.29) is 39.2 Å². The molecule has 0 atom stereocenters. The van der Waals surface area contributed by atoms with Crippen molar-refractivity contribution < 1.29 is 0 Å². The molecule has 3 aliphatic carbocycles. The van der Waals surface area contributed by atoms with E-state index in [1.165, 1.54) is 95.0 Å². The molecule has 4 nitrogen and oxygen atoms in total. The summed E-state index contributed by atoms with van der Waals surface area (Å²) < 4.78 is 0. The van der Waals surface area contributed by atoms with E-state index < -0.39 is 0 Å². The Kier molecular flexibility index (Phi) is 12.2. The largest absolute Gasteiger partial charge is 0.311 e. The molecule has 422 valence electrons. The van der Waals surface area contributed by atoms with E-state index >= 15 is 0 Å². The molecule has 9 aromatic carbocycles. The van der Waals surface area contributed by atoms with E-state index in [1.54, 1.807) is 0 Å². The minimum absolute atomic E-state index is 0.00383. The third kappa shape index (κ3) is 8.44. The topological polar surface area (TPSA) is 13.0 Å². The monoisotopic (exact) mass is 1100 g/mol. The van der Waals surface area contributed by atoms with Gasteiger partial charge in [-0.2, -0.15) is 0 Å². The molecule has 2 aliphatic heterocycles. The van der Waals surface area contributed by atoms with Crippen LogP contribution in [0.25, 0.3) is 0 Å². The van der Waals surface area contributed by atoms with Gasteiger partial charge in [0, 0.05) is 62.6 Å². The maximum atomic E-state index is 2.76. The average Bonchev–Trinajstić information content (AvgIpc) is 0.816. The second-order valence-electron chi connectivity index (χ2n) is 29.6. The number of anilines is 12. The van der Waals surface area contributed by atoms with Gasteiger partial charge in [0.15, 0.2) is 0 Å². The molecule has 0 N–H and O–H groups in total. The van der Waals surface area contributed by atoms with Gasteiger partial charge in [-0.1, -0.05) is 180 Å². The van der Waals surface area contributed by atoms with Crippen molar-refractivity contribution >= 4 is 91.3 Å². The highest BCUT2D eigenvalue weighted by molar-refractivity contribution is 7.00. The van der Waals surface area contributed by atoms with Gasteiger partial charge >= 0.3 is 0 Å². The van der Waals surface area contributed by atoms with Crippen LogP contribution in [0.2, 0.25) is 0 Å². The fourth-order valence-electron chi connectivity index (χ4n) is 16.3. The van der Waals surface area contributed by atoms with Crippen molar-refractivity contribution in [3.05, 3.63) is 233 Å². The highest BCUT2D eigenvalue weighted by Gasteiger charge is 2.49. The Labute approximate surface area is 502 Å². The highest BCUT2D eigenvalue weighted by atomic mass is 15.2. The van der Waals surface area contributed by atoms with E-state index in [0.717, 1.165) is 66.2 Å². The minimum Gasteiger partial charge on any atom is -0.311 e. The molecule has 0 amide bonds. The summed E-state index contributed by atoms with van der Waals surface area (Å²) in [4.78, 5) is 10.4. The summed E-state index contributed by atoms with van der Waals surface area (Å²) in [6, 6.07) is 72.4. The summed E-state index contributed by atoms with van der Waals surface area (Å²) in [5.41, 5.74) is 29.7. The fraction of sp³-hybridized carbons (Fsp3) is 0.316. The lowest BCUT2D eigenvalue weighted by Crippen LogP contribution is -2.62. The van der Waals surface area contributed by atoms with Gasteiger partial charge in [-0.05, 0) is 230 Å². The number of para-hydroxylation sites is 4. The van der Waals surface area contributed by atoms with Crippen molar-refractivity contribution in [1.29, 1.82) is 0 Å². The zero-order valence-electron chi connectivity index (χ0n) is 52.3. The molecule has 0 fully saturated rings. The van der Waals surface area contributed by atoms with Crippen molar-refractivity contribution in [3.8, 4) is 0 Å². The number of aryl methyl sites for hydroxylation is 2. The van der Waals surface area contributed by atoms with Crippen molar-refractivity contribution in [3.63, 3.8) is 0 Å². The van der Waals surface area contributed by atoms with E-state index in [2.05, 4.69) is 305 Å². The molecule has 0 unspecified atom stereocenters. The standard InChI is InChI=1S/C79H83BN4/c1-51-41-59-62(76(7,8)39-37-74(59,3)4)47-67(51)83-69-43-57(81(53-27-19-15-20-28-53)54-29-21-16-22-30-54)35-36-65(69)80-66-46-61-63(77(9,10)40-38-75(61,5)6)49-70(66)84(68-48-64-60(42-52(68)2)78(11,12)50-79(64,13)14)72-45-58(44-71(83)73(72)80)82(55-31-23-17-24-32-55)56-33-25-18-26-34-56/h15-36,41-49H,37-40,50H2,1-14H3. The highest BCUT2D eigenvalue weighted by Crippen LogP contribution is 2.57. The average molecular weight is 1100 g/mol. The molecule has 14 rings (SSSR count). The van der Waals surface area contributed by atoms with Crippen LogP contribution >= 0.6 is 0 Å². The lowest BCUT2D eigenvalue weighted by molar-refractivity contribution is 0.332. The summed E-state index contributed by atoms with van der Waals surface area (Å²) in [6.07, 6.45) is 5.68.